The minimum Gasteiger partial charge on any atom is -0.338 e. The highest BCUT2D eigenvalue weighted by molar-refractivity contribution is 7.89. The van der Waals surface area contributed by atoms with Crippen LogP contribution in [0.25, 0.3) is 34.3 Å². The maximum absolute atomic E-state index is 13.9. The van der Waals surface area contributed by atoms with Crippen LogP contribution in [0, 0.1) is 5.82 Å². The smallest absolute Gasteiger partial charge is 0.238 e. The normalized spacial score (nSPS) is 12.1. The first-order valence-corrected chi connectivity index (χ1v) is 10.5. The largest absolute Gasteiger partial charge is 0.338 e. The predicted molar refractivity (Wildman–Crippen MR) is 113 cm³/mol. The molecule has 0 aliphatic carbocycles. The van der Waals surface area contributed by atoms with E-state index in [2.05, 4.69) is 9.97 Å². The molecule has 0 radical (unpaired) electrons. The number of benzene rings is 3. The van der Waals surface area contributed by atoms with Crippen molar-refractivity contribution in [3.8, 4) is 11.1 Å². The molecule has 4 aromatic rings. The lowest BCUT2D eigenvalue weighted by Crippen LogP contribution is -2.13. The van der Waals surface area contributed by atoms with E-state index in [1.807, 2.05) is 0 Å². The minimum atomic E-state index is -3.86. The molecular formula is C21H15ClFN3O2S. The molecule has 0 unspecified atom stereocenters. The summed E-state index contributed by atoms with van der Waals surface area (Å²) < 4.78 is 37.7. The number of rotatable bonds is 4. The van der Waals surface area contributed by atoms with Gasteiger partial charge in [0.1, 0.15) is 11.6 Å². The van der Waals surface area contributed by atoms with Crippen LogP contribution in [0.5, 0.6) is 0 Å². The number of aromatic nitrogens is 2. The summed E-state index contributed by atoms with van der Waals surface area (Å²) in [6.07, 6.45) is 3.18. The lowest BCUT2D eigenvalue weighted by atomic mass is 10.1. The van der Waals surface area contributed by atoms with Crippen LogP contribution in [0.2, 0.25) is 5.02 Å². The number of hydrogen-bond donors (Lipinski definition) is 2. The summed E-state index contributed by atoms with van der Waals surface area (Å²) >= 11 is 6.03. The third-order valence-electron chi connectivity index (χ3n) is 4.41. The molecule has 1 aromatic heterocycles. The van der Waals surface area contributed by atoms with Gasteiger partial charge in [0, 0.05) is 11.1 Å². The van der Waals surface area contributed by atoms with Crippen LogP contribution in [0.3, 0.4) is 0 Å². The number of imidazole rings is 1. The predicted octanol–water partition coefficient (Wildman–Crippen LogP) is 4.84. The molecule has 0 aliphatic heterocycles. The van der Waals surface area contributed by atoms with Gasteiger partial charge in [-0.3, -0.25) is 0 Å². The van der Waals surface area contributed by atoms with E-state index in [0.717, 1.165) is 5.52 Å². The summed E-state index contributed by atoms with van der Waals surface area (Å²) in [5, 5.41) is 5.64. The van der Waals surface area contributed by atoms with Crippen molar-refractivity contribution >= 4 is 44.8 Å². The van der Waals surface area contributed by atoms with E-state index < -0.39 is 15.8 Å². The van der Waals surface area contributed by atoms with Crippen molar-refractivity contribution < 1.29 is 12.8 Å². The van der Waals surface area contributed by atoms with Gasteiger partial charge < -0.3 is 4.98 Å². The molecule has 146 valence electrons. The SMILES string of the molecule is NS(=O)(=O)c1ccccc1-c1ccc2[nH]c(C=Cc3c(F)cccc3Cl)nc2c1. The topological polar surface area (TPSA) is 88.8 Å². The highest BCUT2D eigenvalue weighted by atomic mass is 35.5. The molecule has 0 atom stereocenters. The summed E-state index contributed by atoms with van der Waals surface area (Å²) in [6, 6.07) is 16.3. The van der Waals surface area contributed by atoms with Crippen molar-refractivity contribution in [3.05, 3.63) is 82.9 Å². The fraction of sp³-hybridized carbons (Fsp3) is 0. The molecule has 4 rings (SSSR count). The van der Waals surface area contributed by atoms with Gasteiger partial charge in [0.25, 0.3) is 0 Å². The second kappa shape index (κ2) is 7.44. The van der Waals surface area contributed by atoms with Crippen molar-refractivity contribution in [2.24, 2.45) is 5.14 Å². The van der Waals surface area contributed by atoms with E-state index in [1.165, 1.54) is 18.2 Å². The van der Waals surface area contributed by atoms with E-state index >= 15 is 0 Å². The van der Waals surface area contributed by atoms with Crippen LogP contribution in [0.15, 0.2) is 65.6 Å². The average Bonchev–Trinajstić information content (AvgIpc) is 3.09. The quantitative estimate of drug-likeness (QED) is 0.488. The molecule has 5 nitrogen and oxygen atoms in total. The standard InChI is InChI=1S/C21H15ClFN3O2S/c22-16-5-3-6-17(23)15(16)9-11-21-25-18-10-8-13(12-19(18)26-21)14-4-1-2-7-20(14)29(24,27)28/h1-12H,(H,25,26)(H2,24,27,28). The fourth-order valence-electron chi connectivity index (χ4n) is 3.06. The van der Waals surface area contributed by atoms with Gasteiger partial charge in [0.15, 0.2) is 0 Å². The molecule has 0 amide bonds. The Hall–Kier alpha value is -3.00. The van der Waals surface area contributed by atoms with Gasteiger partial charge in [0.05, 0.1) is 21.0 Å². The molecule has 8 heteroatoms. The Kier molecular flexibility index (Phi) is 4.96. The van der Waals surface area contributed by atoms with Gasteiger partial charge in [-0.2, -0.15) is 0 Å². The average molecular weight is 428 g/mol. The number of nitrogens with one attached hydrogen (secondary N) is 1. The zero-order valence-corrected chi connectivity index (χ0v) is 16.5. The third-order valence-corrected chi connectivity index (χ3v) is 5.71. The Balaban J connectivity index is 1.74. The van der Waals surface area contributed by atoms with Gasteiger partial charge in [0.2, 0.25) is 10.0 Å². The first-order valence-electron chi connectivity index (χ1n) is 8.57. The Bertz CT molecular complexity index is 1340. The van der Waals surface area contributed by atoms with Gasteiger partial charge in [-0.25, -0.2) is 22.9 Å². The molecular weight excluding hydrogens is 413 g/mol. The van der Waals surface area contributed by atoms with Gasteiger partial charge in [-0.05, 0) is 48.0 Å². The number of nitrogens with two attached hydrogens (primary N) is 1. The van der Waals surface area contributed by atoms with Crippen molar-refractivity contribution in [2.45, 2.75) is 4.90 Å². The Morgan fingerprint density at radius 3 is 2.59 bits per heavy atom. The van der Waals surface area contributed by atoms with E-state index in [0.29, 0.717) is 27.5 Å². The van der Waals surface area contributed by atoms with Crippen LogP contribution in [-0.2, 0) is 10.0 Å². The fourth-order valence-corrected chi connectivity index (χ4v) is 4.04. The first-order chi connectivity index (χ1) is 13.8. The van der Waals surface area contributed by atoms with Gasteiger partial charge >= 0.3 is 0 Å². The van der Waals surface area contributed by atoms with Gasteiger partial charge in [-0.15, -0.1) is 0 Å². The molecule has 1 heterocycles. The zero-order chi connectivity index (χ0) is 20.6. The van der Waals surface area contributed by atoms with Crippen molar-refractivity contribution in [3.63, 3.8) is 0 Å². The highest BCUT2D eigenvalue weighted by Crippen LogP contribution is 2.29. The summed E-state index contributed by atoms with van der Waals surface area (Å²) in [5.74, 6) is 0.0861. The second-order valence-corrected chi connectivity index (χ2v) is 8.30. The molecule has 0 spiro atoms. The monoisotopic (exact) mass is 427 g/mol. The highest BCUT2D eigenvalue weighted by Gasteiger charge is 2.15. The number of H-pyrrole nitrogens is 1. The molecule has 3 N–H and O–H groups in total. The molecule has 0 aliphatic rings. The summed E-state index contributed by atoms with van der Waals surface area (Å²) in [4.78, 5) is 7.64. The Labute approximate surface area is 171 Å². The molecule has 0 saturated heterocycles. The van der Waals surface area contributed by atoms with E-state index in [4.69, 9.17) is 16.7 Å². The van der Waals surface area contributed by atoms with E-state index in [-0.39, 0.29) is 10.5 Å². The van der Waals surface area contributed by atoms with Crippen molar-refractivity contribution in [1.29, 1.82) is 0 Å². The minimum absolute atomic E-state index is 0.0456. The van der Waals surface area contributed by atoms with E-state index in [1.54, 1.807) is 54.6 Å². The molecule has 0 fully saturated rings. The van der Waals surface area contributed by atoms with Crippen LogP contribution >= 0.6 is 11.6 Å². The summed E-state index contributed by atoms with van der Waals surface area (Å²) in [7, 11) is -3.86. The number of hydrogen-bond acceptors (Lipinski definition) is 3. The maximum Gasteiger partial charge on any atom is 0.238 e. The number of aromatic amines is 1. The molecule has 0 saturated carbocycles. The Morgan fingerprint density at radius 1 is 1.03 bits per heavy atom. The lowest BCUT2D eigenvalue weighted by Gasteiger charge is -2.07. The number of primary sulfonamides is 1. The molecule has 0 bridgehead atoms. The van der Waals surface area contributed by atoms with Crippen LogP contribution in [0.4, 0.5) is 4.39 Å². The number of nitrogens with zero attached hydrogens (tertiary/aromatic N) is 1. The number of halogens is 2. The lowest BCUT2D eigenvalue weighted by molar-refractivity contribution is 0.598. The van der Waals surface area contributed by atoms with Crippen molar-refractivity contribution in [1.82, 2.24) is 9.97 Å². The maximum atomic E-state index is 13.9. The second-order valence-electron chi connectivity index (χ2n) is 6.36. The number of fused-ring (bicyclic) bond motifs is 1. The zero-order valence-electron chi connectivity index (χ0n) is 14.9. The van der Waals surface area contributed by atoms with E-state index in [9.17, 15) is 12.8 Å². The molecule has 29 heavy (non-hydrogen) atoms. The van der Waals surface area contributed by atoms with Crippen molar-refractivity contribution in [2.75, 3.05) is 0 Å². The third kappa shape index (κ3) is 3.93. The van der Waals surface area contributed by atoms with Crippen LogP contribution in [0.1, 0.15) is 11.4 Å². The summed E-state index contributed by atoms with van der Waals surface area (Å²) in [5.41, 5.74) is 2.82. The number of sulfonamides is 1. The van der Waals surface area contributed by atoms with Crippen LogP contribution in [-0.4, -0.2) is 18.4 Å². The van der Waals surface area contributed by atoms with Gasteiger partial charge in [-0.1, -0.05) is 41.9 Å². The first kappa shape index (κ1) is 19.3. The summed E-state index contributed by atoms with van der Waals surface area (Å²) in [6.45, 7) is 0. The van der Waals surface area contributed by atoms with Crippen LogP contribution < -0.4 is 5.14 Å². The Morgan fingerprint density at radius 2 is 1.83 bits per heavy atom. The molecule has 3 aromatic carbocycles.